The molecule has 0 saturated carbocycles. The lowest BCUT2D eigenvalue weighted by Crippen LogP contribution is -2.39. The summed E-state index contributed by atoms with van der Waals surface area (Å²) in [5.41, 5.74) is 6.48. The highest BCUT2D eigenvalue weighted by molar-refractivity contribution is 7.66. The number of nitrogen functional groups attached to an aromatic ring is 1. The molecule has 3 heterocycles. The maximum atomic E-state index is 12.7. The lowest BCUT2D eigenvalue weighted by Gasteiger charge is -2.27. The number of nitrogens with one attached hydrogen (secondary N) is 1. The molecule has 236 valence electrons. The van der Waals surface area contributed by atoms with Crippen LogP contribution in [0.1, 0.15) is 46.3 Å². The highest BCUT2D eigenvalue weighted by Gasteiger charge is 2.50. The van der Waals surface area contributed by atoms with E-state index >= 15 is 0 Å². The monoisotopic (exact) mass is 659 g/mol. The molecule has 3 unspecified atom stereocenters. The first-order valence-corrected chi connectivity index (χ1v) is 16.7. The zero-order valence-corrected chi connectivity index (χ0v) is 25.1. The summed E-state index contributed by atoms with van der Waals surface area (Å²) in [5.74, 6) is -0.280. The van der Waals surface area contributed by atoms with Crippen molar-refractivity contribution in [1.29, 1.82) is 0 Å². The predicted octanol–water partition coefficient (Wildman–Crippen LogP) is 1.12. The van der Waals surface area contributed by atoms with Crippen LogP contribution < -0.4 is 11.3 Å². The quantitative estimate of drug-likeness (QED) is 0.110. The number of hydrogen-bond acceptors (Lipinski definition) is 13. The van der Waals surface area contributed by atoms with Crippen molar-refractivity contribution in [2.45, 2.75) is 70.7 Å². The van der Waals surface area contributed by atoms with E-state index in [9.17, 15) is 38.5 Å². The zero-order valence-electron chi connectivity index (χ0n) is 22.5. The molecule has 1 saturated heterocycles. The number of aliphatic hydroxyl groups excluding tert-OH is 2. The van der Waals surface area contributed by atoms with Gasteiger partial charge in [-0.25, -0.2) is 18.7 Å². The van der Waals surface area contributed by atoms with Crippen LogP contribution in [-0.4, -0.2) is 73.7 Å². The van der Waals surface area contributed by atoms with Gasteiger partial charge in [0.05, 0.1) is 6.33 Å². The van der Waals surface area contributed by atoms with Gasteiger partial charge in [-0.3, -0.25) is 18.9 Å². The summed E-state index contributed by atoms with van der Waals surface area (Å²) in [6.07, 6.45) is -2.74. The maximum absolute atomic E-state index is 12.7. The number of imidazole rings is 1. The van der Waals surface area contributed by atoms with Crippen molar-refractivity contribution in [1.82, 2.24) is 19.5 Å². The number of H-pyrrole nitrogens is 1. The number of nitrogens with zero attached hydrogens (tertiary/aromatic N) is 3. The molecule has 0 aromatic carbocycles. The lowest BCUT2D eigenvalue weighted by atomic mass is 10.0. The van der Waals surface area contributed by atoms with Crippen LogP contribution in [0.3, 0.4) is 0 Å². The van der Waals surface area contributed by atoms with Gasteiger partial charge in [0.1, 0.15) is 24.4 Å². The SMILES string of the molecule is CC(C)=CCC/C(C)=C/CC(OP(=O)(O)OP(=O)(O)OP(=O)(O)O)[C@H]1O[C@@H](n2cnc3c(=O)[nH]c(N)nc32)[C@H](O)[C@@H]1O. The van der Waals surface area contributed by atoms with Crippen molar-refractivity contribution in [3.05, 3.63) is 40.0 Å². The second-order valence-electron chi connectivity index (χ2n) is 9.59. The van der Waals surface area contributed by atoms with Crippen LogP contribution in [0.4, 0.5) is 5.95 Å². The Bertz CT molecular complexity index is 1550. The number of anilines is 1. The summed E-state index contributed by atoms with van der Waals surface area (Å²) in [7, 11) is -17.1. The number of fused-ring (bicyclic) bond motifs is 1. The molecule has 3 rings (SSSR count). The average Bonchev–Trinajstić information content (AvgIpc) is 3.35. The van der Waals surface area contributed by atoms with Crippen LogP contribution in [0.5, 0.6) is 0 Å². The van der Waals surface area contributed by atoms with E-state index in [0.29, 0.717) is 12.8 Å². The number of phosphoric acid groups is 3. The summed E-state index contributed by atoms with van der Waals surface area (Å²) < 4.78 is 55.0. The van der Waals surface area contributed by atoms with Gasteiger partial charge in [-0.15, -0.1) is 0 Å². The first-order chi connectivity index (χ1) is 19.3. The van der Waals surface area contributed by atoms with E-state index < -0.39 is 59.7 Å². The van der Waals surface area contributed by atoms with E-state index in [1.54, 1.807) is 13.0 Å². The van der Waals surface area contributed by atoms with E-state index in [2.05, 4.69) is 23.6 Å². The van der Waals surface area contributed by atoms with E-state index in [0.717, 1.165) is 22.0 Å². The number of hydrogen-bond donors (Lipinski definition) is 8. The van der Waals surface area contributed by atoms with Gasteiger partial charge in [-0.05, 0) is 40.0 Å². The van der Waals surface area contributed by atoms with Gasteiger partial charge in [-0.2, -0.15) is 13.6 Å². The van der Waals surface area contributed by atoms with Gasteiger partial charge in [0.15, 0.2) is 17.4 Å². The van der Waals surface area contributed by atoms with E-state index in [1.807, 2.05) is 19.9 Å². The van der Waals surface area contributed by atoms with Gasteiger partial charge in [0.2, 0.25) is 5.95 Å². The molecule has 0 amide bonds. The molecule has 9 N–H and O–H groups in total. The molecule has 2 aromatic rings. The summed E-state index contributed by atoms with van der Waals surface area (Å²) in [6, 6.07) is 0. The van der Waals surface area contributed by atoms with Gasteiger partial charge >= 0.3 is 23.5 Å². The Morgan fingerprint density at radius 2 is 1.79 bits per heavy atom. The standard InChI is InChI=1S/C20H32N5O14P3/c1-10(2)5-4-6-11(3)7-8-12(37-41(32,33)39-42(34,35)38-40(29,30)31)16-14(26)15(27)19(36-16)25-9-22-13-17(25)23-20(21)24-18(13)28/h5,7,9,12,14-16,19,26-27H,4,6,8H2,1-3H3,(H,32,33)(H,34,35)(H2,29,30,31)(H3,21,23,24,28)/b11-7+/t12?,14-,15+,16+,19+/m0/s1. The minimum atomic E-state index is -5.84. The highest BCUT2D eigenvalue weighted by Crippen LogP contribution is 2.66. The van der Waals surface area contributed by atoms with E-state index in [4.69, 9.17) is 24.8 Å². The molecule has 1 aliphatic heterocycles. The van der Waals surface area contributed by atoms with Gasteiger partial charge < -0.3 is 40.3 Å². The molecule has 0 radical (unpaired) electrons. The average molecular weight is 659 g/mol. The Kier molecular flexibility index (Phi) is 10.9. The molecule has 0 bridgehead atoms. The van der Waals surface area contributed by atoms with Crippen molar-refractivity contribution in [3.8, 4) is 0 Å². The Labute approximate surface area is 238 Å². The summed E-state index contributed by atoms with van der Waals surface area (Å²) in [4.78, 5) is 59.6. The lowest BCUT2D eigenvalue weighted by molar-refractivity contribution is -0.0798. The van der Waals surface area contributed by atoms with Crippen molar-refractivity contribution >= 4 is 40.6 Å². The molecule has 7 atom stereocenters. The van der Waals surface area contributed by atoms with Crippen LogP contribution in [0.25, 0.3) is 11.2 Å². The molecule has 0 spiro atoms. The normalized spacial score (nSPS) is 25.2. The summed E-state index contributed by atoms with van der Waals surface area (Å²) in [6.45, 7) is 5.58. The number of allylic oxidation sites excluding steroid dienone is 3. The number of aliphatic hydroxyl groups is 2. The Morgan fingerprint density at radius 3 is 2.40 bits per heavy atom. The third-order valence-electron chi connectivity index (χ3n) is 5.84. The van der Waals surface area contributed by atoms with Crippen LogP contribution in [0, 0.1) is 0 Å². The van der Waals surface area contributed by atoms with Gasteiger partial charge in [0, 0.05) is 0 Å². The van der Waals surface area contributed by atoms with Crippen molar-refractivity contribution in [2.24, 2.45) is 0 Å². The highest BCUT2D eigenvalue weighted by atomic mass is 31.3. The van der Waals surface area contributed by atoms with E-state index in [-0.39, 0.29) is 23.5 Å². The summed E-state index contributed by atoms with van der Waals surface area (Å²) in [5, 5.41) is 21.7. The third-order valence-corrected chi connectivity index (χ3v) is 9.71. The first-order valence-electron chi connectivity index (χ1n) is 12.1. The predicted molar refractivity (Wildman–Crippen MR) is 144 cm³/mol. The molecule has 1 aliphatic rings. The second kappa shape index (κ2) is 13.3. The van der Waals surface area contributed by atoms with Crippen molar-refractivity contribution < 1.29 is 61.4 Å². The Balaban J connectivity index is 1.92. The number of aromatic amines is 1. The number of ether oxygens (including phenoxy) is 1. The summed E-state index contributed by atoms with van der Waals surface area (Å²) >= 11 is 0. The minimum Gasteiger partial charge on any atom is -0.387 e. The fourth-order valence-corrected chi connectivity index (χ4v) is 7.28. The molecular formula is C20H32N5O14P3. The Hall–Kier alpha value is -2.08. The molecule has 1 fully saturated rings. The number of nitrogens with two attached hydrogens (primary N) is 1. The van der Waals surface area contributed by atoms with E-state index in [1.165, 1.54) is 0 Å². The second-order valence-corrected chi connectivity index (χ2v) is 14.0. The fraction of sp³-hybridized carbons (Fsp3) is 0.550. The number of rotatable bonds is 13. The fourth-order valence-electron chi connectivity index (χ4n) is 4.07. The van der Waals surface area contributed by atoms with Crippen LogP contribution in [0.2, 0.25) is 0 Å². The maximum Gasteiger partial charge on any atom is 0.490 e. The third kappa shape index (κ3) is 9.21. The molecular weight excluding hydrogens is 627 g/mol. The molecule has 22 heteroatoms. The topological polar surface area (TPSA) is 299 Å². The molecule has 19 nitrogen and oxygen atoms in total. The number of phosphoric ester groups is 1. The smallest absolute Gasteiger partial charge is 0.387 e. The van der Waals surface area contributed by atoms with Gasteiger partial charge in [0.25, 0.3) is 5.56 Å². The molecule has 0 aliphatic carbocycles. The van der Waals surface area contributed by atoms with Crippen molar-refractivity contribution in [3.63, 3.8) is 0 Å². The zero-order chi connectivity index (χ0) is 31.6. The molecule has 42 heavy (non-hydrogen) atoms. The minimum absolute atomic E-state index is 0.118. The first kappa shape index (κ1) is 34.4. The Morgan fingerprint density at radius 1 is 1.12 bits per heavy atom. The largest absolute Gasteiger partial charge is 0.490 e. The van der Waals surface area contributed by atoms with Crippen LogP contribution >= 0.6 is 23.5 Å². The molecule has 2 aromatic heterocycles. The van der Waals surface area contributed by atoms with Crippen molar-refractivity contribution in [2.75, 3.05) is 5.73 Å². The number of aromatic nitrogens is 4. The van der Waals surface area contributed by atoms with Crippen LogP contribution in [0.15, 0.2) is 34.4 Å². The van der Waals surface area contributed by atoms with Crippen LogP contribution in [-0.2, 0) is 31.6 Å². The van der Waals surface area contributed by atoms with Gasteiger partial charge in [-0.1, -0.05) is 23.3 Å².